The lowest BCUT2D eigenvalue weighted by Crippen LogP contribution is -2.07. The van der Waals surface area contributed by atoms with Crippen molar-refractivity contribution in [3.63, 3.8) is 0 Å². The predicted molar refractivity (Wildman–Crippen MR) is 49.6 cm³/mol. The smallest absolute Gasteiger partial charge is 0.304 e. The highest BCUT2D eigenvalue weighted by Crippen LogP contribution is 2.31. The molecule has 0 aliphatic rings. The van der Waals surface area contributed by atoms with E-state index in [0.717, 1.165) is 11.8 Å². The molecular formula is C10H9F3N2. The number of alkyl halides is 3. The Kier molecular flexibility index (Phi) is 2.17. The number of pyridine rings is 1. The van der Waals surface area contributed by atoms with Crippen LogP contribution in [0.4, 0.5) is 13.2 Å². The fourth-order valence-electron chi connectivity index (χ4n) is 1.54. The van der Waals surface area contributed by atoms with Gasteiger partial charge in [0.25, 0.3) is 0 Å². The van der Waals surface area contributed by atoms with Gasteiger partial charge >= 0.3 is 6.18 Å². The minimum atomic E-state index is -4.35. The largest absolute Gasteiger partial charge is 0.419 e. The van der Waals surface area contributed by atoms with Crippen LogP contribution in [-0.2, 0) is 12.6 Å². The number of hydrogen-bond acceptors (Lipinski definition) is 1. The normalized spacial score (nSPS) is 12.3. The zero-order chi connectivity index (χ0) is 11.1. The first-order valence-electron chi connectivity index (χ1n) is 4.56. The number of nitrogens with zero attached hydrogens (tertiary/aromatic N) is 2. The summed E-state index contributed by atoms with van der Waals surface area (Å²) in [5.74, 6) is 0. The van der Waals surface area contributed by atoms with Crippen molar-refractivity contribution in [1.29, 1.82) is 0 Å². The Balaban J connectivity index is 2.73. The number of aryl methyl sites for hydroxylation is 1. The van der Waals surface area contributed by atoms with Crippen molar-refractivity contribution < 1.29 is 13.2 Å². The molecule has 0 unspecified atom stereocenters. The van der Waals surface area contributed by atoms with Crippen molar-refractivity contribution in [3.8, 4) is 0 Å². The molecule has 0 bridgehead atoms. The molecule has 0 radical (unpaired) electrons. The van der Waals surface area contributed by atoms with E-state index in [1.54, 1.807) is 6.20 Å². The molecule has 2 heterocycles. The fourth-order valence-corrected chi connectivity index (χ4v) is 1.54. The Morgan fingerprint density at radius 1 is 1.40 bits per heavy atom. The second-order valence-corrected chi connectivity index (χ2v) is 3.22. The minimum Gasteiger partial charge on any atom is -0.304 e. The van der Waals surface area contributed by atoms with Crippen molar-refractivity contribution in [2.75, 3.05) is 0 Å². The van der Waals surface area contributed by atoms with Gasteiger partial charge in [0.2, 0.25) is 0 Å². The van der Waals surface area contributed by atoms with Gasteiger partial charge in [0, 0.05) is 18.1 Å². The number of halogens is 3. The summed E-state index contributed by atoms with van der Waals surface area (Å²) >= 11 is 0. The summed E-state index contributed by atoms with van der Waals surface area (Å²) in [6, 6.07) is 2.43. The highest BCUT2D eigenvalue weighted by molar-refractivity contribution is 5.50. The van der Waals surface area contributed by atoms with Crippen LogP contribution >= 0.6 is 0 Å². The van der Waals surface area contributed by atoms with Crippen LogP contribution in [0.2, 0.25) is 0 Å². The van der Waals surface area contributed by atoms with Gasteiger partial charge < -0.3 is 4.40 Å². The standard InChI is InChI=1S/C10H9F3N2/c1-2-7-6-14-9-8(10(11,12)13)4-3-5-15(7)9/h3-6H,2H2,1H3. The number of imidazole rings is 1. The highest BCUT2D eigenvalue weighted by atomic mass is 19.4. The SMILES string of the molecule is CCc1cnc2c(C(F)(F)F)cccn12. The topological polar surface area (TPSA) is 17.3 Å². The summed E-state index contributed by atoms with van der Waals surface area (Å²) < 4.78 is 39.2. The third-order valence-corrected chi connectivity index (χ3v) is 2.28. The van der Waals surface area contributed by atoms with E-state index in [1.165, 1.54) is 16.7 Å². The first kappa shape index (κ1) is 10.0. The molecule has 0 aromatic carbocycles. The molecule has 0 amide bonds. The number of rotatable bonds is 1. The maximum Gasteiger partial charge on any atom is 0.419 e. The molecule has 2 nitrogen and oxygen atoms in total. The zero-order valence-electron chi connectivity index (χ0n) is 8.04. The van der Waals surface area contributed by atoms with Gasteiger partial charge in [-0.15, -0.1) is 0 Å². The van der Waals surface area contributed by atoms with E-state index in [9.17, 15) is 13.2 Å². The predicted octanol–water partition coefficient (Wildman–Crippen LogP) is 2.92. The van der Waals surface area contributed by atoms with Gasteiger partial charge in [0.15, 0.2) is 0 Å². The molecule has 0 spiro atoms. The van der Waals surface area contributed by atoms with E-state index >= 15 is 0 Å². The summed E-state index contributed by atoms with van der Waals surface area (Å²) in [7, 11) is 0. The molecule has 0 saturated heterocycles. The van der Waals surface area contributed by atoms with E-state index < -0.39 is 11.7 Å². The first-order valence-corrected chi connectivity index (χ1v) is 4.56. The number of fused-ring (bicyclic) bond motifs is 1. The molecule has 80 valence electrons. The van der Waals surface area contributed by atoms with Crippen LogP contribution in [0, 0.1) is 0 Å². The Morgan fingerprint density at radius 2 is 2.13 bits per heavy atom. The second kappa shape index (κ2) is 3.25. The van der Waals surface area contributed by atoms with Crippen LogP contribution in [0.15, 0.2) is 24.5 Å². The molecule has 2 rings (SSSR count). The lowest BCUT2D eigenvalue weighted by molar-refractivity contribution is -0.136. The van der Waals surface area contributed by atoms with Crippen LogP contribution < -0.4 is 0 Å². The molecule has 0 N–H and O–H groups in total. The average molecular weight is 214 g/mol. The lowest BCUT2D eigenvalue weighted by atomic mass is 10.2. The molecule has 0 aliphatic carbocycles. The van der Waals surface area contributed by atoms with Crippen LogP contribution in [0.1, 0.15) is 18.2 Å². The van der Waals surface area contributed by atoms with Gasteiger partial charge in [-0.3, -0.25) is 0 Å². The number of hydrogen-bond donors (Lipinski definition) is 0. The fraction of sp³-hybridized carbons (Fsp3) is 0.300. The maximum absolute atomic E-state index is 12.6. The molecule has 5 heteroatoms. The van der Waals surface area contributed by atoms with Crippen molar-refractivity contribution in [1.82, 2.24) is 9.38 Å². The van der Waals surface area contributed by atoms with Crippen LogP contribution in [-0.4, -0.2) is 9.38 Å². The second-order valence-electron chi connectivity index (χ2n) is 3.22. The van der Waals surface area contributed by atoms with Crippen molar-refractivity contribution in [2.24, 2.45) is 0 Å². The summed E-state index contributed by atoms with van der Waals surface area (Å²) in [5, 5.41) is 0. The quantitative estimate of drug-likeness (QED) is 0.713. The van der Waals surface area contributed by atoms with Crippen LogP contribution in [0.25, 0.3) is 5.65 Å². The van der Waals surface area contributed by atoms with Gasteiger partial charge in [-0.25, -0.2) is 4.98 Å². The summed E-state index contributed by atoms with van der Waals surface area (Å²) in [6.45, 7) is 1.88. The molecule has 0 aliphatic heterocycles. The van der Waals surface area contributed by atoms with Crippen LogP contribution in [0.3, 0.4) is 0 Å². The van der Waals surface area contributed by atoms with E-state index in [-0.39, 0.29) is 5.65 Å². The summed E-state index contributed by atoms with van der Waals surface area (Å²) in [4.78, 5) is 3.80. The summed E-state index contributed by atoms with van der Waals surface area (Å²) in [5.41, 5.74) is 0.0580. The van der Waals surface area contributed by atoms with E-state index in [0.29, 0.717) is 6.42 Å². The van der Waals surface area contributed by atoms with Crippen LogP contribution in [0.5, 0.6) is 0 Å². The summed E-state index contributed by atoms with van der Waals surface area (Å²) in [6.07, 6.45) is -0.623. The highest BCUT2D eigenvalue weighted by Gasteiger charge is 2.33. The Labute approximate surface area is 84.4 Å². The third-order valence-electron chi connectivity index (χ3n) is 2.28. The van der Waals surface area contributed by atoms with E-state index in [4.69, 9.17) is 0 Å². The van der Waals surface area contributed by atoms with Gasteiger partial charge in [-0.2, -0.15) is 13.2 Å². The van der Waals surface area contributed by atoms with E-state index in [1.807, 2.05) is 6.92 Å². The molecule has 0 atom stereocenters. The van der Waals surface area contributed by atoms with Gasteiger partial charge in [0.1, 0.15) is 5.65 Å². The van der Waals surface area contributed by atoms with Gasteiger partial charge in [-0.1, -0.05) is 6.92 Å². The molecular weight excluding hydrogens is 205 g/mol. The van der Waals surface area contributed by atoms with Gasteiger partial charge in [0.05, 0.1) is 5.56 Å². The molecule has 2 aromatic heterocycles. The van der Waals surface area contributed by atoms with Crippen molar-refractivity contribution in [3.05, 3.63) is 35.8 Å². The average Bonchev–Trinajstić information content (AvgIpc) is 2.58. The van der Waals surface area contributed by atoms with Crippen molar-refractivity contribution in [2.45, 2.75) is 19.5 Å². The third kappa shape index (κ3) is 1.58. The van der Waals surface area contributed by atoms with E-state index in [2.05, 4.69) is 4.98 Å². The van der Waals surface area contributed by atoms with Gasteiger partial charge in [-0.05, 0) is 18.6 Å². The maximum atomic E-state index is 12.6. The minimum absolute atomic E-state index is 0.0261. The monoisotopic (exact) mass is 214 g/mol. The zero-order valence-corrected chi connectivity index (χ0v) is 8.04. The molecule has 0 fully saturated rings. The lowest BCUT2D eigenvalue weighted by Gasteiger charge is -2.08. The first-order chi connectivity index (χ1) is 7.04. The Morgan fingerprint density at radius 3 is 2.73 bits per heavy atom. The number of aromatic nitrogens is 2. The molecule has 0 saturated carbocycles. The molecule has 15 heavy (non-hydrogen) atoms. The Bertz CT molecular complexity index is 485. The Hall–Kier alpha value is -1.52. The van der Waals surface area contributed by atoms with Crippen molar-refractivity contribution >= 4 is 5.65 Å². The molecule has 2 aromatic rings.